The molecule has 1 amide bonds. The van der Waals surface area contributed by atoms with Crippen LogP contribution in [0.3, 0.4) is 0 Å². The number of nitrogens with two attached hydrogens (primary N) is 1. The molecule has 49 heavy (non-hydrogen) atoms. The summed E-state index contributed by atoms with van der Waals surface area (Å²) in [5.74, 6) is 0.314. The number of nitrogen functional groups attached to an aromatic ring is 1. The van der Waals surface area contributed by atoms with E-state index < -0.39 is 5.41 Å². The standard InChI is InChI=1S/C30H40N8O.S10/c1-19-15-26(37(7)14-13-36(5)6)22(31)16-23(19)34-29-32-17-24(33-28(39)30(2,3)4)27(35-29)21-18-38(8)25-12-10-9-11-20(21)25;1-3-5-7-9-10-8-6-4-2/h9-12,15-18H,13-14,31H2,1-8H3,(H,33,39)(H,32,34,35);. The van der Waals surface area contributed by atoms with Gasteiger partial charge in [0.1, 0.15) is 5.69 Å². The van der Waals surface area contributed by atoms with Crippen LogP contribution >= 0.6 is 0 Å². The number of hydrogen-bond donors (Lipinski definition) is 3. The number of hydrogen-bond acceptors (Lipinski definition) is 9. The number of rotatable bonds is 8. The summed E-state index contributed by atoms with van der Waals surface area (Å²) in [5, 5.41) is 7.44. The van der Waals surface area contributed by atoms with Crippen LogP contribution in [0.5, 0.6) is 0 Å². The fourth-order valence-corrected chi connectivity index (χ4v) is 20.9. The van der Waals surface area contributed by atoms with E-state index in [1.54, 1.807) is 59.5 Å². The highest BCUT2D eigenvalue weighted by Crippen LogP contribution is 2.36. The molecule has 0 saturated carbocycles. The maximum atomic E-state index is 12.9. The highest BCUT2D eigenvalue weighted by Gasteiger charge is 2.24. The van der Waals surface area contributed by atoms with Gasteiger partial charge in [0.2, 0.25) is 11.9 Å². The summed E-state index contributed by atoms with van der Waals surface area (Å²) in [6.07, 6.45) is 3.70. The first-order valence-corrected chi connectivity index (χ1v) is 26.6. The van der Waals surface area contributed by atoms with Gasteiger partial charge in [-0.2, -0.15) is 0 Å². The number of aromatic nitrogens is 3. The van der Waals surface area contributed by atoms with E-state index in [1.165, 1.54) is 17.8 Å². The predicted molar refractivity (Wildman–Crippen MR) is 236 cm³/mol. The molecule has 0 aliphatic carbocycles. The Morgan fingerprint density at radius 3 is 2.20 bits per heavy atom. The van der Waals surface area contributed by atoms with Gasteiger partial charge in [-0.1, -0.05) is 39.0 Å². The lowest BCUT2D eigenvalue weighted by Crippen LogP contribution is -2.29. The minimum absolute atomic E-state index is 0.106. The zero-order chi connectivity index (χ0) is 36.1. The van der Waals surface area contributed by atoms with Gasteiger partial charge in [0.05, 0.1) is 23.3 Å². The Bertz CT molecular complexity index is 2130. The van der Waals surface area contributed by atoms with Crippen LogP contribution in [0, 0.1) is 12.3 Å². The molecule has 0 bridgehead atoms. The largest absolute Gasteiger partial charge is 0.397 e. The zero-order valence-electron chi connectivity index (χ0n) is 28.3. The van der Waals surface area contributed by atoms with Crippen LogP contribution in [0.4, 0.5) is 28.7 Å². The molecule has 0 aliphatic rings. The topological polar surface area (TPSA) is 104 Å². The van der Waals surface area contributed by atoms with Gasteiger partial charge in [-0.05, 0) is 44.8 Å². The molecule has 2 aromatic heterocycles. The zero-order valence-corrected chi connectivity index (χ0v) is 36.5. The molecular formula is C30H40N8OS10. The van der Waals surface area contributed by atoms with Crippen molar-refractivity contribution in [1.29, 1.82) is 0 Å². The Labute approximate surface area is 321 Å². The van der Waals surface area contributed by atoms with E-state index in [0.29, 0.717) is 23.0 Å². The van der Waals surface area contributed by atoms with Gasteiger partial charge in [-0.15, -0.1) is 0 Å². The molecule has 0 atom stereocenters. The Balaban J connectivity index is 0.000000565. The van der Waals surface area contributed by atoms with E-state index in [1.807, 2.05) is 66.2 Å². The maximum Gasteiger partial charge on any atom is 0.229 e. The molecule has 266 valence electrons. The van der Waals surface area contributed by atoms with Crippen molar-refractivity contribution in [2.75, 3.05) is 55.5 Å². The van der Waals surface area contributed by atoms with Crippen molar-refractivity contribution >= 4 is 139 Å². The van der Waals surface area contributed by atoms with Crippen molar-refractivity contribution in [2.45, 2.75) is 27.7 Å². The molecule has 0 spiro atoms. The SMILES string of the molecule is Cc1cc(N(C)CCN(C)C)c(N)cc1Nc1ncc(NC(=O)C(C)(C)C)c(-c2cn(C)c3ccccc23)n1.S=S=S=S=S=S=S=S=S=S. The average molecular weight is 849 g/mol. The molecule has 0 aliphatic heterocycles. The quantitative estimate of drug-likeness (QED) is 0.206. The van der Waals surface area contributed by atoms with E-state index in [2.05, 4.69) is 84.7 Å². The molecule has 0 fully saturated rings. The number of fused-ring (bicyclic) bond motifs is 1. The van der Waals surface area contributed by atoms with Crippen LogP contribution in [0.25, 0.3) is 22.2 Å². The fourth-order valence-electron chi connectivity index (χ4n) is 4.41. The lowest BCUT2D eigenvalue weighted by Gasteiger charge is -2.24. The van der Waals surface area contributed by atoms with Crippen molar-refractivity contribution in [3.63, 3.8) is 0 Å². The molecular weight excluding hydrogens is 809 g/mol. The summed E-state index contributed by atoms with van der Waals surface area (Å²) in [5.41, 5.74) is 12.6. The predicted octanol–water partition coefficient (Wildman–Crippen LogP) is 5.23. The third-order valence-electron chi connectivity index (χ3n) is 6.98. The monoisotopic (exact) mass is 848 g/mol. The number of benzene rings is 2. The lowest BCUT2D eigenvalue weighted by molar-refractivity contribution is -0.123. The van der Waals surface area contributed by atoms with Crippen molar-refractivity contribution in [3.05, 3.63) is 54.4 Å². The molecule has 4 rings (SSSR count). The number of nitrogens with zero attached hydrogens (tertiary/aromatic N) is 5. The van der Waals surface area contributed by atoms with Crippen LogP contribution in [0.1, 0.15) is 26.3 Å². The summed E-state index contributed by atoms with van der Waals surface area (Å²) < 4.78 is 2.06. The highest BCUT2D eigenvalue weighted by molar-refractivity contribution is 8.73. The van der Waals surface area contributed by atoms with Crippen LogP contribution < -0.4 is 21.3 Å². The van der Waals surface area contributed by atoms with Gasteiger partial charge in [0.25, 0.3) is 0 Å². The number of para-hydroxylation sites is 1. The lowest BCUT2D eigenvalue weighted by atomic mass is 9.95. The van der Waals surface area contributed by atoms with Crippen molar-refractivity contribution in [2.24, 2.45) is 12.5 Å². The molecule has 4 N–H and O–H groups in total. The van der Waals surface area contributed by atoms with Crippen molar-refractivity contribution in [3.8, 4) is 11.3 Å². The molecule has 0 unspecified atom stereocenters. The van der Waals surface area contributed by atoms with Crippen LogP contribution in [0.2, 0.25) is 0 Å². The molecule has 2 heterocycles. The van der Waals surface area contributed by atoms with E-state index in [-0.39, 0.29) is 5.91 Å². The average Bonchev–Trinajstić information content (AvgIpc) is 3.39. The van der Waals surface area contributed by atoms with Crippen LogP contribution in [-0.2, 0) is 105 Å². The molecule has 19 heteroatoms. The minimum atomic E-state index is -0.566. The van der Waals surface area contributed by atoms with Gasteiger partial charge < -0.3 is 30.7 Å². The second-order valence-corrected chi connectivity index (χ2v) is 26.1. The first-order valence-electron chi connectivity index (χ1n) is 14.6. The van der Waals surface area contributed by atoms with E-state index in [0.717, 1.165) is 46.5 Å². The Morgan fingerprint density at radius 1 is 0.959 bits per heavy atom. The summed E-state index contributed by atoms with van der Waals surface area (Å²) in [7, 11) is 20.9. The van der Waals surface area contributed by atoms with Crippen LogP contribution in [-0.4, -0.2) is 59.6 Å². The Morgan fingerprint density at radius 2 is 1.59 bits per heavy atom. The number of likely N-dealkylation sites (N-methyl/N-ethyl adjacent to an activating group) is 2. The Hall–Kier alpha value is -1.91. The van der Waals surface area contributed by atoms with E-state index in [9.17, 15) is 4.79 Å². The summed E-state index contributed by atoms with van der Waals surface area (Å²) in [4.78, 5) is 26.7. The second kappa shape index (κ2) is 20.2. The third kappa shape index (κ3) is 12.7. The van der Waals surface area contributed by atoms with E-state index in [4.69, 9.17) is 10.7 Å². The summed E-state index contributed by atoms with van der Waals surface area (Å²) >= 11 is 9.31. The van der Waals surface area contributed by atoms with Gasteiger partial charge >= 0.3 is 0 Å². The minimum Gasteiger partial charge on any atom is -0.397 e. The fraction of sp³-hybridized carbons (Fsp3) is 0.367. The van der Waals surface area contributed by atoms with Gasteiger partial charge in [0, 0.05) is 154 Å². The van der Waals surface area contributed by atoms with Crippen molar-refractivity contribution < 1.29 is 4.79 Å². The molecule has 0 radical (unpaired) electrons. The summed E-state index contributed by atoms with van der Waals surface area (Å²) in [6.45, 7) is 9.47. The van der Waals surface area contributed by atoms with Gasteiger partial charge in [-0.3, -0.25) is 4.79 Å². The number of aryl methyl sites for hydroxylation is 2. The first kappa shape index (κ1) is 41.5. The Kier molecular flexibility index (Phi) is 17.1. The van der Waals surface area contributed by atoms with Gasteiger partial charge in [0.15, 0.2) is 0 Å². The van der Waals surface area contributed by atoms with Crippen molar-refractivity contribution in [1.82, 2.24) is 19.4 Å². The number of nitrogens with one attached hydrogen (secondary N) is 2. The van der Waals surface area contributed by atoms with Gasteiger partial charge in [-0.25, -0.2) is 9.97 Å². The van der Waals surface area contributed by atoms with E-state index >= 15 is 0 Å². The smallest absolute Gasteiger partial charge is 0.229 e. The first-order chi connectivity index (χ1) is 23.3. The maximum absolute atomic E-state index is 12.9. The number of anilines is 5. The number of carbonyl (C=O) groups excluding carboxylic acids is 1. The number of carbonyl (C=O) groups is 1. The molecule has 9 nitrogen and oxygen atoms in total. The van der Waals surface area contributed by atoms with Crippen LogP contribution in [0.15, 0.2) is 48.8 Å². The normalized spacial score (nSPS) is 10.7. The molecule has 0 saturated heterocycles. The highest BCUT2D eigenvalue weighted by atomic mass is 33.4. The number of amides is 1. The summed E-state index contributed by atoms with van der Waals surface area (Å²) in [6, 6.07) is 12.1. The third-order valence-corrected chi connectivity index (χ3v) is 22.5. The molecule has 4 aromatic rings. The molecule has 2 aromatic carbocycles. The second-order valence-electron chi connectivity index (χ2n) is 12.0.